The molecule has 178 valence electrons. The summed E-state index contributed by atoms with van der Waals surface area (Å²) in [5.74, 6) is 0.925. The summed E-state index contributed by atoms with van der Waals surface area (Å²) in [5.41, 5.74) is 4.30. The van der Waals surface area contributed by atoms with Crippen LogP contribution in [0.15, 0.2) is 47.3 Å². The Morgan fingerprint density at radius 2 is 1.76 bits per heavy atom. The molecular weight excluding hydrogens is 446 g/mol. The van der Waals surface area contributed by atoms with E-state index in [2.05, 4.69) is 15.5 Å². The van der Waals surface area contributed by atoms with Gasteiger partial charge in [0.25, 0.3) is 6.43 Å². The average molecular weight is 470 g/mol. The van der Waals surface area contributed by atoms with Crippen LogP contribution in [-0.2, 0) is 20.7 Å². The molecule has 2 heterocycles. The second-order valence-corrected chi connectivity index (χ2v) is 7.83. The monoisotopic (exact) mass is 470 g/mol. The van der Waals surface area contributed by atoms with Crippen molar-refractivity contribution in [3.63, 3.8) is 0 Å². The minimum Gasteiger partial charge on any atom is -0.489 e. The number of aryl methyl sites for hydroxylation is 4. The van der Waals surface area contributed by atoms with Gasteiger partial charge in [-0.3, -0.25) is 0 Å². The van der Waals surface area contributed by atoms with E-state index in [-0.39, 0.29) is 18.2 Å². The van der Waals surface area contributed by atoms with Gasteiger partial charge >= 0.3 is 5.69 Å². The summed E-state index contributed by atoms with van der Waals surface area (Å²) in [5, 5.41) is 12.1. The summed E-state index contributed by atoms with van der Waals surface area (Å²) in [6.45, 7) is 3.38. The van der Waals surface area contributed by atoms with Gasteiger partial charge in [0.05, 0.1) is 11.4 Å². The number of nitrogens with zero attached hydrogens (tertiary/aromatic N) is 6. The van der Waals surface area contributed by atoms with Gasteiger partial charge in [0.1, 0.15) is 12.4 Å². The van der Waals surface area contributed by atoms with E-state index in [4.69, 9.17) is 9.47 Å². The Balaban J connectivity index is 1.55. The van der Waals surface area contributed by atoms with Gasteiger partial charge in [-0.2, -0.15) is 14.5 Å². The van der Waals surface area contributed by atoms with Crippen LogP contribution in [0.25, 0.3) is 16.9 Å². The summed E-state index contributed by atoms with van der Waals surface area (Å²) in [6.07, 6.45) is -2.56. The lowest BCUT2D eigenvalue weighted by Crippen LogP contribution is -2.23. The number of alkyl halides is 2. The fourth-order valence-electron chi connectivity index (χ4n) is 3.53. The van der Waals surface area contributed by atoms with Gasteiger partial charge in [0.2, 0.25) is 5.88 Å². The molecule has 2 aromatic heterocycles. The molecule has 0 fully saturated rings. The molecule has 2 aromatic carbocycles. The van der Waals surface area contributed by atoms with Crippen molar-refractivity contribution in [1.29, 1.82) is 0 Å². The van der Waals surface area contributed by atoms with E-state index >= 15 is 0 Å². The maximum atomic E-state index is 12.4. The van der Waals surface area contributed by atoms with Gasteiger partial charge in [-0.15, -0.1) is 0 Å². The average Bonchev–Trinajstić information content (AvgIpc) is 3.33. The Kier molecular flexibility index (Phi) is 6.44. The first-order valence-corrected chi connectivity index (χ1v) is 10.5. The van der Waals surface area contributed by atoms with Crippen molar-refractivity contribution < 1.29 is 18.3 Å². The van der Waals surface area contributed by atoms with Gasteiger partial charge in [-0.25, -0.2) is 18.3 Å². The molecule has 11 heteroatoms. The zero-order valence-electron chi connectivity index (χ0n) is 19.2. The van der Waals surface area contributed by atoms with Crippen molar-refractivity contribution in [3.05, 3.63) is 69.6 Å². The van der Waals surface area contributed by atoms with E-state index in [1.807, 2.05) is 44.2 Å². The second kappa shape index (κ2) is 9.46. The number of halogens is 2. The number of aromatic nitrogens is 6. The predicted octanol–water partition coefficient (Wildman–Crippen LogP) is 3.21. The lowest BCUT2D eigenvalue weighted by atomic mass is 10.1. The van der Waals surface area contributed by atoms with Gasteiger partial charge in [-0.05, 0) is 59.7 Å². The molecule has 0 aliphatic carbocycles. The largest absolute Gasteiger partial charge is 0.489 e. The van der Waals surface area contributed by atoms with E-state index in [1.54, 1.807) is 19.2 Å². The Bertz CT molecular complexity index is 1380. The quantitative estimate of drug-likeness (QED) is 0.393. The highest BCUT2D eigenvalue weighted by Crippen LogP contribution is 2.29. The Labute approximate surface area is 194 Å². The highest BCUT2D eigenvalue weighted by Gasteiger charge is 2.15. The topological polar surface area (TPSA) is 89.0 Å². The van der Waals surface area contributed by atoms with Crippen LogP contribution in [0.1, 0.15) is 16.7 Å². The van der Waals surface area contributed by atoms with Crippen LogP contribution in [0.3, 0.4) is 0 Å². The summed E-state index contributed by atoms with van der Waals surface area (Å²) in [7, 11) is 3.18. The molecule has 4 rings (SSSR count). The summed E-state index contributed by atoms with van der Waals surface area (Å²) in [4.78, 5) is 12.3. The van der Waals surface area contributed by atoms with Crippen LogP contribution in [-0.4, -0.2) is 42.6 Å². The fourth-order valence-corrected chi connectivity index (χ4v) is 3.53. The Hall–Kier alpha value is -4.02. The van der Waals surface area contributed by atoms with Crippen molar-refractivity contribution in [3.8, 4) is 28.6 Å². The molecule has 0 spiro atoms. The second-order valence-electron chi connectivity index (χ2n) is 7.83. The SMILES string of the molecule is Cc1cc(-c2cc(OCC(F)F)n(C)n2)ccc1OCc1c(C)cccc1-n1nnn(C)c1=O. The van der Waals surface area contributed by atoms with E-state index in [0.29, 0.717) is 17.1 Å². The van der Waals surface area contributed by atoms with Gasteiger partial charge in [0, 0.05) is 31.3 Å². The molecular formula is C23H24F2N6O3. The molecule has 9 nitrogen and oxygen atoms in total. The van der Waals surface area contributed by atoms with Crippen molar-refractivity contribution in [2.75, 3.05) is 6.61 Å². The van der Waals surface area contributed by atoms with Crippen molar-refractivity contribution >= 4 is 0 Å². The normalized spacial score (nSPS) is 11.3. The number of hydrogen-bond acceptors (Lipinski definition) is 6. The predicted molar refractivity (Wildman–Crippen MR) is 121 cm³/mol. The van der Waals surface area contributed by atoms with E-state index in [0.717, 1.165) is 26.9 Å². The minimum absolute atomic E-state index is 0.223. The molecule has 0 bridgehead atoms. The van der Waals surface area contributed by atoms with E-state index in [1.165, 1.54) is 16.4 Å². The lowest BCUT2D eigenvalue weighted by Gasteiger charge is -2.14. The molecule has 0 aliphatic rings. The van der Waals surface area contributed by atoms with Gasteiger partial charge in [-0.1, -0.05) is 12.1 Å². The first-order valence-electron chi connectivity index (χ1n) is 10.5. The molecule has 0 unspecified atom stereocenters. The zero-order chi connectivity index (χ0) is 24.4. The van der Waals surface area contributed by atoms with Gasteiger partial charge < -0.3 is 9.47 Å². The highest BCUT2D eigenvalue weighted by molar-refractivity contribution is 5.63. The maximum absolute atomic E-state index is 12.4. The smallest absolute Gasteiger partial charge is 0.368 e. The van der Waals surface area contributed by atoms with Gasteiger partial charge in [0.15, 0.2) is 6.61 Å². The third kappa shape index (κ3) is 4.68. The third-order valence-electron chi connectivity index (χ3n) is 5.37. The molecule has 0 aliphatic heterocycles. The van der Waals surface area contributed by atoms with Crippen molar-refractivity contribution in [1.82, 2.24) is 29.6 Å². The maximum Gasteiger partial charge on any atom is 0.368 e. The third-order valence-corrected chi connectivity index (χ3v) is 5.37. The van der Waals surface area contributed by atoms with Crippen LogP contribution >= 0.6 is 0 Å². The van der Waals surface area contributed by atoms with Crippen LogP contribution < -0.4 is 15.2 Å². The highest BCUT2D eigenvalue weighted by atomic mass is 19.3. The molecule has 0 radical (unpaired) electrons. The van der Waals surface area contributed by atoms with Crippen LogP contribution in [0.4, 0.5) is 8.78 Å². The van der Waals surface area contributed by atoms with E-state index < -0.39 is 13.0 Å². The molecule has 0 saturated heterocycles. The standard InChI is InChI=1S/C23H24F2N6O3/c1-14-6-5-7-19(31-23(32)30(4)27-28-31)17(14)12-33-20-9-8-16(10-15(20)2)18-11-22(29(3)26-18)34-13-21(24)25/h5-11,21H,12-13H2,1-4H3. The molecule has 4 aromatic rings. The van der Waals surface area contributed by atoms with Crippen molar-refractivity contribution in [2.24, 2.45) is 14.1 Å². The molecule has 34 heavy (non-hydrogen) atoms. The van der Waals surface area contributed by atoms with Crippen LogP contribution in [0.5, 0.6) is 11.6 Å². The minimum atomic E-state index is -2.56. The summed E-state index contributed by atoms with van der Waals surface area (Å²) >= 11 is 0. The van der Waals surface area contributed by atoms with E-state index in [9.17, 15) is 13.6 Å². The summed E-state index contributed by atoms with van der Waals surface area (Å²) < 4.78 is 39.9. The van der Waals surface area contributed by atoms with Crippen LogP contribution in [0.2, 0.25) is 0 Å². The number of ether oxygens (including phenoxy) is 2. The number of tetrazole rings is 1. The number of hydrogen-bond donors (Lipinski definition) is 0. The number of benzene rings is 2. The molecule has 0 amide bonds. The van der Waals surface area contributed by atoms with Crippen LogP contribution in [0, 0.1) is 13.8 Å². The lowest BCUT2D eigenvalue weighted by molar-refractivity contribution is 0.0774. The molecule has 0 saturated carbocycles. The van der Waals surface area contributed by atoms with Crippen molar-refractivity contribution in [2.45, 2.75) is 26.9 Å². The molecule has 0 atom stereocenters. The zero-order valence-corrected chi connectivity index (χ0v) is 19.2. The molecule has 0 N–H and O–H groups in total. The Morgan fingerprint density at radius 3 is 2.44 bits per heavy atom. The fraction of sp³-hybridized carbons (Fsp3) is 0.304. The summed E-state index contributed by atoms with van der Waals surface area (Å²) in [6, 6.07) is 12.8. The first kappa shape index (κ1) is 23.1. The first-order chi connectivity index (χ1) is 16.2. The Morgan fingerprint density at radius 1 is 0.971 bits per heavy atom. The number of rotatable bonds is 8.